The van der Waals surface area contributed by atoms with E-state index < -0.39 is 9.84 Å². The first kappa shape index (κ1) is 13.9. The number of anilines is 1. The fourth-order valence-corrected chi connectivity index (χ4v) is 3.20. The molecular weight excluding hydrogens is 260 g/mol. The molecule has 0 saturated carbocycles. The number of aromatic nitrogens is 1. The molecule has 1 heterocycles. The van der Waals surface area contributed by atoms with Gasteiger partial charge in [-0.3, -0.25) is 0 Å². The molecule has 1 aromatic carbocycles. The van der Waals surface area contributed by atoms with Gasteiger partial charge in [0.2, 0.25) is 0 Å². The standard InChI is InChI=1S/C14H20N2O2S/c1-4-16-13(9-19(17,18)10(2)3)8-11-7-12(15)5-6-14(11)16/h5-8,10H,4,9,15H2,1-3H3. The Kier molecular flexibility index (Phi) is 3.58. The number of hydrogen-bond acceptors (Lipinski definition) is 3. The fraction of sp³-hybridized carbons (Fsp3) is 0.429. The minimum absolute atomic E-state index is 0.0765. The molecule has 19 heavy (non-hydrogen) atoms. The summed E-state index contributed by atoms with van der Waals surface area (Å²) in [6, 6.07) is 7.59. The van der Waals surface area contributed by atoms with Crippen LogP contribution in [0, 0.1) is 0 Å². The first-order valence-electron chi connectivity index (χ1n) is 6.44. The van der Waals surface area contributed by atoms with Crippen LogP contribution in [0.5, 0.6) is 0 Å². The number of nitrogen functional groups attached to an aromatic ring is 1. The zero-order valence-electron chi connectivity index (χ0n) is 11.6. The van der Waals surface area contributed by atoms with Crippen molar-refractivity contribution in [1.82, 2.24) is 4.57 Å². The molecule has 0 spiro atoms. The van der Waals surface area contributed by atoms with Gasteiger partial charge in [-0.25, -0.2) is 8.42 Å². The van der Waals surface area contributed by atoms with Crippen LogP contribution in [0.15, 0.2) is 24.3 Å². The largest absolute Gasteiger partial charge is 0.399 e. The van der Waals surface area contributed by atoms with Crippen molar-refractivity contribution < 1.29 is 8.42 Å². The second-order valence-corrected chi connectivity index (χ2v) is 7.61. The summed E-state index contributed by atoms with van der Waals surface area (Å²) < 4.78 is 26.2. The van der Waals surface area contributed by atoms with Crippen molar-refractivity contribution in [1.29, 1.82) is 0 Å². The molecule has 104 valence electrons. The molecule has 0 bridgehead atoms. The molecule has 0 saturated heterocycles. The van der Waals surface area contributed by atoms with Crippen LogP contribution in [0.25, 0.3) is 10.9 Å². The van der Waals surface area contributed by atoms with Gasteiger partial charge in [0.1, 0.15) is 0 Å². The molecule has 0 aliphatic carbocycles. The van der Waals surface area contributed by atoms with E-state index in [0.717, 1.165) is 23.1 Å². The van der Waals surface area contributed by atoms with Gasteiger partial charge in [0.25, 0.3) is 0 Å². The highest BCUT2D eigenvalue weighted by atomic mass is 32.2. The van der Waals surface area contributed by atoms with Crippen LogP contribution in [-0.2, 0) is 22.1 Å². The Morgan fingerprint density at radius 1 is 1.26 bits per heavy atom. The predicted octanol–water partition coefficient (Wildman–Crippen LogP) is 2.57. The summed E-state index contributed by atoms with van der Waals surface area (Å²) in [5.41, 5.74) is 8.33. The van der Waals surface area contributed by atoms with Gasteiger partial charge in [-0.2, -0.15) is 0 Å². The summed E-state index contributed by atoms with van der Waals surface area (Å²) in [4.78, 5) is 0. The lowest BCUT2D eigenvalue weighted by molar-refractivity contribution is 0.584. The third kappa shape index (κ3) is 2.61. The number of sulfone groups is 1. The van der Waals surface area contributed by atoms with Crippen LogP contribution >= 0.6 is 0 Å². The third-order valence-corrected chi connectivity index (χ3v) is 5.53. The van der Waals surface area contributed by atoms with Crippen molar-refractivity contribution in [3.63, 3.8) is 0 Å². The van der Waals surface area contributed by atoms with Crippen molar-refractivity contribution in [3.05, 3.63) is 30.0 Å². The van der Waals surface area contributed by atoms with Crippen LogP contribution in [0.4, 0.5) is 5.69 Å². The van der Waals surface area contributed by atoms with E-state index in [9.17, 15) is 8.42 Å². The number of rotatable bonds is 4. The van der Waals surface area contributed by atoms with Crippen LogP contribution < -0.4 is 5.73 Å². The molecule has 2 rings (SSSR count). The van der Waals surface area contributed by atoms with E-state index in [1.54, 1.807) is 13.8 Å². The van der Waals surface area contributed by atoms with Crippen LogP contribution in [-0.4, -0.2) is 18.2 Å². The molecule has 4 nitrogen and oxygen atoms in total. The molecule has 0 atom stereocenters. The molecule has 0 fully saturated rings. The second kappa shape index (κ2) is 4.89. The Bertz CT molecular complexity index is 700. The zero-order chi connectivity index (χ0) is 14.2. The number of fused-ring (bicyclic) bond motifs is 1. The summed E-state index contributed by atoms with van der Waals surface area (Å²) >= 11 is 0. The maximum absolute atomic E-state index is 12.1. The van der Waals surface area contributed by atoms with E-state index in [1.165, 1.54) is 0 Å². The quantitative estimate of drug-likeness (QED) is 0.875. The number of benzene rings is 1. The van der Waals surface area contributed by atoms with E-state index in [-0.39, 0.29) is 11.0 Å². The fourth-order valence-electron chi connectivity index (χ4n) is 2.21. The molecule has 0 aliphatic rings. The molecule has 2 aromatic rings. The maximum atomic E-state index is 12.1. The second-order valence-electron chi connectivity index (χ2n) is 5.05. The predicted molar refractivity (Wildman–Crippen MR) is 79.8 cm³/mol. The monoisotopic (exact) mass is 280 g/mol. The van der Waals surface area contributed by atoms with Gasteiger partial charge in [-0.05, 0) is 45.0 Å². The topological polar surface area (TPSA) is 65.1 Å². The highest BCUT2D eigenvalue weighted by molar-refractivity contribution is 7.91. The minimum atomic E-state index is -3.09. The first-order chi connectivity index (χ1) is 8.85. The molecule has 2 N–H and O–H groups in total. The number of nitrogens with zero attached hydrogens (tertiary/aromatic N) is 1. The van der Waals surface area contributed by atoms with Crippen molar-refractivity contribution in [3.8, 4) is 0 Å². The van der Waals surface area contributed by atoms with Gasteiger partial charge in [-0.15, -0.1) is 0 Å². The molecule has 1 aromatic heterocycles. The van der Waals surface area contributed by atoms with E-state index in [0.29, 0.717) is 5.69 Å². The summed E-state index contributed by atoms with van der Waals surface area (Å²) in [5.74, 6) is 0.0765. The highest BCUT2D eigenvalue weighted by Gasteiger charge is 2.20. The van der Waals surface area contributed by atoms with Gasteiger partial charge in [0.15, 0.2) is 9.84 Å². The normalized spacial score (nSPS) is 12.4. The third-order valence-electron chi connectivity index (χ3n) is 3.39. The average molecular weight is 280 g/mol. The minimum Gasteiger partial charge on any atom is -0.399 e. The van der Waals surface area contributed by atoms with Crippen LogP contribution in [0.3, 0.4) is 0 Å². The lowest BCUT2D eigenvalue weighted by Gasteiger charge is -2.10. The number of aryl methyl sites for hydroxylation is 1. The van der Waals surface area contributed by atoms with Crippen molar-refractivity contribution in [2.75, 3.05) is 5.73 Å². The highest BCUT2D eigenvalue weighted by Crippen LogP contribution is 2.24. The Morgan fingerprint density at radius 2 is 1.95 bits per heavy atom. The van der Waals surface area contributed by atoms with Crippen LogP contribution in [0.2, 0.25) is 0 Å². The van der Waals surface area contributed by atoms with Crippen molar-refractivity contribution in [2.45, 2.75) is 38.3 Å². The van der Waals surface area contributed by atoms with E-state index >= 15 is 0 Å². The molecule has 5 heteroatoms. The Hall–Kier alpha value is -1.49. The summed E-state index contributed by atoms with van der Waals surface area (Å²) in [6.45, 7) is 6.19. The first-order valence-corrected chi connectivity index (χ1v) is 8.16. The molecule has 0 unspecified atom stereocenters. The SMILES string of the molecule is CCn1c(CS(=O)(=O)C(C)C)cc2cc(N)ccc21. The zero-order valence-corrected chi connectivity index (χ0v) is 12.4. The molecule has 0 radical (unpaired) electrons. The number of hydrogen-bond donors (Lipinski definition) is 1. The van der Waals surface area contributed by atoms with Crippen LogP contribution in [0.1, 0.15) is 26.5 Å². The van der Waals surface area contributed by atoms with Crippen molar-refractivity contribution in [2.24, 2.45) is 0 Å². The molecule has 0 amide bonds. The Balaban J connectivity index is 2.55. The lowest BCUT2D eigenvalue weighted by Crippen LogP contribution is -2.18. The number of nitrogens with two attached hydrogens (primary N) is 1. The summed E-state index contributed by atoms with van der Waals surface area (Å²) in [5, 5.41) is 0.636. The summed E-state index contributed by atoms with van der Waals surface area (Å²) in [6.07, 6.45) is 0. The van der Waals surface area contributed by atoms with Crippen molar-refractivity contribution >= 4 is 26.4 Å². The van der Waals surface area contributed by atoms with E-state index in [2.05, 4.69) is 0 Å². The maximum Gasteiger partial charge on any atom is 0.158 e. The van der Waals surface area contributed by atoms with E-state index in [4.69, 9.17) is 5.73 Å². The van der Waals surface area contributed by atoms with Gasteiger partial charge < -0.3 is 10.3 Å². The lowest BCUT2D eigenvalue weighted by atomic mass is 10.2. The van der Waals surface area contributed by atoms with E-state index in [1.807, 2.05) is 35.8 Å². The molecular formula is C14H20N2O2S. The van der Waals surface area contributed by atoms with Gasteiger partial charge in [0, 0.05) is 28.8 Å². The Labute approximate surface area is 114 Å². The average Bonchev–Trinajstić information content (AvgIpc) is 2.64. The Morgan fingerprint density at radius 3 is 2.53 bits per heavy atom. The van der Waals surface area contributed by atoms with Gasteiger partial charge >= 0.3 is 0 Å². The van der Waals surface area contributed by atoms with Gasteiger partial charge in [-0.1, -0.05) is 0 Å². The molecule has 0 aliphatic heterocycles. The van der Waals surface area contributed by atoms with Gasteiger partial charge in [0.05, 0.1) is 11.0 Å². The summed E-state index contributed by atoms with van der Waals surface area (Å²) in [7, 11) is -3.09. The smallest absolute Gasteiger partial charge is 0.158 e.